The second-order valence-electron chi connectivity index (χ2n) is 10.9. The number of aromatic amines is 1. The van der Waals surface area contributed by atoms with E-state index in [0.717, 1.165) is 36.7 Å². The Hall–Kier alpha value is -3.31. The highest BCUT2D eigenvalue weighted by atomic mass is 19.4. The van der Waals surface area contributed by atoms with Crippen LogP contribution < -0.4 is 5.32 Å². The molecule has 3 heterocycles. The Kier molecular flexibility index (Phi) is 6.77. The zero-order valence-corrected chi connectivity index (χ0v) is 21.8. The van der Waals surface area contributed by atoms with Crippen molar-refractivity contribution in [1.29, 1.82) is 0 Å². The number of H-pyrrole nitrogens is 1. The van der Waals surface area contributed by atoms with E-state index in [4.69, 9.17) is 0 Å². The molecule has 0 aliphatic heterocycles. The predicted octanol–water partition coefficient (Wildman–Crippen LogP) is 5.13. The predicted molar refractivity (Wildman–Crippen MR) is 137 cm³/mol. The first-order valence-electron chi connectivity index (χ1n) is 12.8. The number of aryl methyl sites for hydroxylation is 1. The van der Waals surface area contributed by atoms with Gasteiger partial charge in [-0.25, -0.2) is 4.98 Å². The number of aliphatic hydroxyl groups is 1. The average molecular weight is 528 g/mol. The Morgan fingerprint density at radius 2 is 1.97 bits per heavy atom. The van der Waals surface area contributed by atoms with Gasteiger partial charge in [-0.1, -0.05) is 24.6 Å². The van der Waals surface area contributed by atoms with Gasteiger partial charge in [-0.15, -0.1) is 10.2 Å². The maximum Gasteiger partial charge on any atom is 0.433 e. The number of aliphatic hydroxyl groups excluding tert-OH is 1. The first-order valence-corrected chi connectivity index (χ1v) is 12.8. The number of rotatable bonds is 8. The van der Waals surface area contributed by atoms with E-state index >= 15 is 0 Å². The molecule has 5 rings (SSSR count). The van der Waals surface area contributed by atoms with Crippen molar-refractivity contribution in [2.75, 3.05) is 6.61 Å². The summed E-state index contributed by atoms with van der Waals surface area (Å²) in [6.07, 6.45) is 0.398. The smallest absolute Gasteiger partial charge is 0.394 e. The van der Waals surface area contributed by atoms with Crippen LogP contribution in [0.4, 0.5) is 13.2 Å². The molecule has 202 valence electrons. The van der Waals surface area contributed by atoms with Gasteiger partial charge < -0.3 is 15.0 Å². The molecule has 1 aliphatic rings. The maximum absolute atomic E-state index is 13.9. The number of fused-ring (bicyclic) bond motifs is 1. The Balaban J connectivity index is 1.62. The number of hydrogen-bond acceptors (Lipinski definition) is 6. The third-order valence-electron chi connectivity index (χ3n) is 7.45. The number of hydrogen-bond donors (Lipinski definition) is 3. The summed E-state index contributed by atoms with van der Waals surface area (Å²) in [5.74, 6) is 1.34. The minimum atomic E-state index is -4.63. The summed E-state index contributed by atoms with van der Waals surface area (Å²) >= 11 is 0. The van der Waals surface area contributed by atoms with Crippen LogP contribution in [-0.4, -0.2) is 47.2 Å². The molecule has 1 aliphatic carbocycles. The van der Waals surface area contributed by atoms with E-state index in [1.807, 2.05) is 35.9 Å². The monoisotopic (exact) mass is 527 g/mol. The van der Waals surface area contributed by atoms with Crippen LogP contribution in [0.2, 0.25) is 0 Å². The van der Waals surface area contributed by atoms with Crippen LogP contribution in [0.25, 0.3) is 22.2 Å². The average Bonchev–Trinajstić information content (AvgIpc) is 3.46. The SMILES string of the molecule is C[C@@H](NC(C)(C)CO)c1nc(C(F)(F)F)cc2c(-c3cccc([C@H](c4nncn4C)C4CCC4)c3)n[nH]c12. The number of nitrogens with one attached hydrogen (secondary N) is 2. The van der Waals surface area contributed by atoms with Crippen molar-refractivity contribution in [3.63, 3.8) is 0 Å². The normalized spacial score (nSPS) is 16.5. The Labute approximate surface area is 218 Å². The highest BCUT2D eigenvalue weighted by Crippen LogP contribution is 2.44. The molecular weight excluding hydrogens is 495 g/mol. The summed E-state index contributed by atoms with van der Waals surface area (Å²) in [5.41, 5.74) is 1.09. The molecular formula is C27H32F3N7O. The van der Waals surface area contributed by atoms with Crippen LogP contribution >= 0.6 is 0 Å². The fourth-order valence-corrected chi connectivity index (χ4v) is 5.28. The summed E-state index contributed by atoms with van der Waals surface area (Å²) < 4.78 is 43.7. The molecule has 38 heavy (non-hydrogen) atoms. The van der Waals surface area contributed by atoms with E-state index < -0.39 is 23.5 Å². The van der Waals surface area contributed by atoms with Gasteiger partial charge in [0.15, 0.2) is 0 Å². The molecule has 1 aromatic carbocycles. The highest BCUT2D eigenvalue weighted by Gasteiger charge is 2.36. The third kappa shape index (κ3) is 4.92. The van der Waals surface area contributed by atoms with Gasteiger partial charge >= 0.3 is 6.18 Å². The minimum Gasteiger partial charge on any atom is -0.394 e. The van der Waals surface area contributed by atoms with Crippen LogP contribution in [0.3, 0.4) is 0 Å². The third-order valence-corrected chi connectivity index (χ3v) is 7.45. The molecule has 4 aromatic rings. The Morgan fingerprint density at radius 3 is 2.58 bits per heavy atom. The van der Waals surface area contributed by atoms with Gasteiger partial charge in [0.1, 0.15) is 23.5 Å². The van der Waals surface area contributed by atoms with E-state index in [9.17, 15) is 18.3 Å². The maximum atomic E-state index is 13.9. The van der Waals surface area contributed by atoms with Gasteiger partial charge in [0.25, 0.3) is 0 Å². The summed E-state index contributed by atoms with van der Waals surface area (Å²) in [7, 11) is 1.92. The minimum absolute atomic E-state index is 0.0364. The molecule has 3 aromatic heterocycles. The first kappa shape index (κ1) is 26.3. The topological polar surface area (TPSA) is 105 Å². The van der Waals surface area contributed by atoms with Crippen LogP contribution in [0.5, 0.6) is 0 Å². The molecule has 1 saturated carbocycles. The van der Waals surface area contributed by atoms with Crippen LogP contribution in [0.15, 0.2) is 36.7 Å². The fourth-order valence-electron chi connectivity index (χ4n) is 5.28. The molecule has 0 bridgehead atoms. The van der Waals surface area contributed by atoms with E-state index in [1.54, 1.807) is 27.1 Å². The molecule has 0 amide bonds. The van der Waals surface area contributed by atoms with Gasteiger partial charge in [0.05, 0.1) is 17.8 Å². The molecule has 0 radical (unpaired) electrons. The molecule has 2 atom stereocenters. The standard InChI is InChI=1S/C27H32F3N7O/c1-15(33-26(2,3)13-38)22-24-19(12-20(32-22)27(28,29)30)23(34-35-24)18-10-6-9-17(11-18)21(16-7-5-8-16)25-36-31-14-37(25)4/h6,9-12,14-16,21,33,38H,5,7-8,13H2,1-4H3,(H,34,35)/t15-,21-/m1/s1. The second-order valence-corrected chi connectivity index (χ2v) is 10.9. The molecule has 1 fully saturated rings. The zero-order chi connectivity index (χ0) is 27.2. The largest absolute Gasteiger partial charge is 0.433 e. The molecule has 3 N–H and O–H groups in total. The molecule has 11 heteroatoms. The lowest BCUT2D eigenvalue weighted by Crippen LogP contribution is -2.44. The number of aromatic nitrogens is 6. The lowest BCUT2D eigenvalue weighted by molar-refractivity contribution is -0.141. The van der Waals surface area contributed by atoms with Crippen molar-refractivity contribution in [2.45, 2.75) is 63.7 Å². The molecule has 0 saturated heterocycles. The van der Waals surface area contributed by atoms with E-state index in [2.05, 4.69) is 30.7 Å². The summed E-state index contributed by atoms with van der Waals surface area (Å²) in [6, 6.07) is 8.27. The molecule has 0 spiro atoms. The number of halogens is 3. The lowest BCUT2D eigenvalue weighted by atomic mass is 9.72. The number of nitrogens with zero attached hydrogens (tertiary/aromatic N) is 5. The first-order chi connectivity index (χ1) is 18.0. The van der Waals surface area contributed by atoms with Gasteiger partial charge in [-0.05, 0) is 57.2 Å². The zero-order valence-electron chi connectivity index (χ0n) is 21.8. The number of pyridine rings is 1. The Bertz CT molecular complexity index is 1440. The summed E-state index contributed by atoms with van der Waals surface area (Å²) in [5, 5.41) is 29.0. The van der Waals surface area contributed by atoms with E-state index in [-0.39, 0.29) is 18.2 Å². The van der Waals surface area contributed by atoms with Crippen molar-refractivity contribution in [3.8, 4) is 11.3 Å². The van der Waals surface area contributed by atoms with Crippen molar-refractivity contribution in [2.24, 2.45) is 13.0 Å². The van der Waals surface area contributed by atoms with Crippen LogP contribution in [0.1, 0.15) is 74.8 Å². The summed E-state index contributed by atoms with van der Waals surface area (Å²) in [6.45, 7) is 5.08. The van der Waals surface area contributed by atoms with Crippen LogP contribution in [-0.2, 0) is 13.2 Å². The highest BCUT2D eigenvalue weighted by molar-refractivity contribution is 5.94. The number of benzene rings is 1. The van der Waals surface area contributed by atoms with Gasteiger partial charge in [0.2, 0.25) is 0 Å². The summed E-state index contributed by atoms with van der Waals surface area (Å²) in [4.78, 5) is 3.97. The quantitative estimate of drug-likeness (QED) is 0.294. The molecule has 0 unspecified atom stereocenters. The van der Waals surface area contributed by atoms with Gasteiger partial charge in [0, 0.05) is 35.5 Å². The lowest BCUT2D eigenvalue weighted by Gasteiger charge is -2.33. The van der Waals surface area contributed by atoms with Gasteiger partial charge in [-0.3, -0.25) is 5.10 Å². The van der Waals surface area contributed by atoms with Crippen molar-refractivity contribution < 1.29 is 18.3 Å². The van der Waals surface area contributed by atoms with Crippen molar-refractivity contribution in [1.82, 2.24) is 35.3 Å². The van der Waals surface area contributed by atoms with E-state index in [1.165, 1.54) is 0 Å². The van der Waals surface area contributed by atoms with Gasteiger partial charge in [-0.2, -0.15) is 18.3 Å². The Morgan fingerprint density at radius 1 is 1.21 bits per heavy atom. The number of alkyl halides is 3. The van der Waals surface area contributed by atoms with E-state index in [0.29, 0.717) is 28.1 Å². The van der Waals surface area contributed by atoms with Crippen molar-refractivity contribution >= 4 is 10.9 Å². The fraction of sp³-hybridized carbons (Fsp3) is 0.481. The van der Waals surface area contributed by atoms with Crippen LogP contribution in [0, 0.1) is 5.92 Å². The molecule has 8 nitrogen and oxygen atoms in total. The van der Waals surface area contributed by atoms with Crippen molar-refractivity contribution in [3.05, 3.63) is 59.4 Å². The second kappa shape index (κ2) is 9.77.